The van der Waals surface area contributed by atoms with Crippen LogP contribution in [-0.4, -0.2) is 20.7 Å². The average molecular weight is 432 g/mol. The maximum absolute atomic E-state index is 13.8. The summed E-state index contributed by atoms with van der Waals surface area (Å²) in [6.07, 6.45) is -4.60. The Hall–Kier alpha value is -3.06. The Balaban J connectivity index is 1.82. The van der Waals surface area contributed by atoms with Gasteiger partial charge in [-0.2, -0.15) is 18.3 Å². The Bertz CT molecular complexity index is 1180. The van der Waals surface area contributed by atoms with Gasteiger partial charge in [0, 0.05) is 22.2 Å². The van der Waals surface area contributed by atoms with Crippen molar-refractivity contribution in [2.24, 2.45) is 0 Å². The van der Waals surface area contributed by atoms with Gasteiger partial charge in [-0.25, -0.2) is 9.50 Å². The Kier molecular flexibility index (Phi) is 5.15. The summed E-state index contributed by atoms with van der Waals surface area (Å²) in [5, 5.41) is 4.66. The molecule has 2 aromatic heterocycles. The fourth-order valence-corrected chi connectivity index (χ4v) is 3.19. The number of benzene rings is 2. The van der Waals surface area contributed by atoms with Gasteiger partial charge in [-0.1, -0.05) is 23.7 Å². The first kappa shape index (κ1) is 20.2. The highest BCUT2D eigenvalue weighted by molar-refractivity contribution is 6.30. The molecule has 30 heavy (non-hydrogen) atoms. The maximum Gasteiger partial charge on any atom is 0.433 e. The quantitative estimate of drug-likeness (QED) is 0.369. The maximum atomic E-state index is 13.8. The van der Waals surface area contributed by atoms with Gasteiger partial charge in [-0.05, 0) is 56.3 Å². The SMILES string of the molecule is CC(C)Oc1ccc(-c2cc(C(F)(F)F)n3nc(-c4ccc(Cl)cc4)cc3n2)cc1. The van der Waals surface area contributed by atoms with Crippen molar-refractivity contribution < 1.29 is 17.9 Å². The van der Waals surface area contributed by atoms with Crippen LogP contribution in [0, 0.1) is 0 Å². The van der Waals surface area contributed by atoms with E-state index < -0.39 is 11.9 Å². The first-order valence-electron chi connectivity index (χ1n) is 9.22. The molecule has 0 aliphatic rings. The van der Waals surface area contributed by atoms with Crippen molar-refractivity contribution in [3.63, 3.8) is 0 Å². The van der Waals surface area contributed by atoms with Crippen molar-refractivity contribution in [2.45, 2.75) is 26.1 Å². The predicted octanol–water partition coefficient (Wildman–Crippen LogP) is 6.52. The van der Waals surface area contributed by atoms with E-state index >= 15 is 0 Å². The number of hydrogen-bond donors (Lipinski definition) is 0. The molecule has 0 N–H and O–H groups in total. The van der Waals surface area contributed by atoms with Crippen LogP contribution in [0.3, 0.4) is 0 Å². The topological polar surface area (TPSA) is 39.4 Å². The minimum atomic E-state index is -4.60. The first-order chi connectivity index (χ1) is 14.2. The number of hydrogen-bond acceptors (Lipinski definition) is 3. The molecule has 8 heteroatoms. The fraction of sp³-hybridized carbons (Fsp3) is 0.182. The van der Waals surface area contributed by atoms with Gasteiger partial charge in [0.2, 0.25) is 0 Å². The summed E-state index contributed by atoms with van der Waals surface area (Å²) in [4.78, 5) is 4.41. The number of fused-ring (bicyclic) bond motifs is 1. The third-order valence-corrected chi connectivity index (χ3v) is 4.63. The summed E-state index contributed by atoms with van der Waals surface area (Å²) in [7, 11) is 0. The van der Waals surface area contributed by atoms with Crippen LogP contribution in [-0.2, 0) is 6.18 Å². The second-order valence-electron chi connectivity index (χ2n) is 7.02. The fourth-order valence-electron chi connectivity index (χ4n) is 3.06. The minimum absolute atomic E-state index is 0.000221. The van der Waals surface area contributed by atoms with E-state index in [0.717, 1.165) is 10.6 Å². The molecule has 0 amide bonds. The molecular formula is C22H17ClF3N3O. The third kappa shape index (κ3) is 4.11. The van der Waals surface area contributed by atoms with E-state index in [4.69, 9.17) is 16.3 Å². The predicted molar refractivity (Wildman–Crippen MR) is 110 cm³/mol. The molecule has 2 aromatic carbocycles. The average Bonchev–Trinajstić information content (AvgIpc) is 3.11. The second-order valence-corrected chi connectivity index (χ2v) is 7.46. The minimum Gasteiger partial charge on any atom is -0.491 e. The monoisotopic (exact) mass is 431 g/mol. The molecule has 4 nitrogen and oxygen atoms in total. The molecular weight excluding hydrogens is 415 g/mol. The van der Waals surface area contributed by atoms with Crippen LogP contribution in [0.4, 0.5) is 13.2 Å². The van der Waals surface area contributed by atoms with Crippen LogP contribution < -0.4 is 4.74 Å². The van der Waals surface area contributed by atoms with Gasteiger partial charge in [0.25, 0.3) is 0 Å². The summed E-state index contributed by atoms with van der Waals surface area (Å²) in [6.45, 7) is 3.80. The smallest absolute Gasteiger partial charge is 0.433 e. The van der Waals surface area contributed by atoms with Gasteiger partial charge >= 0.3 is 6.18 Å². The number of ether oxygens (including phenoxy) is 1. The molecule has 0 radical (unpaired) electrons. The Labute approximate surface area is 175 Å². The van der Waals surface area contributed by atoms with Crippen LogP contribution in [0.5, 0.6) is 5.75 Å². The van der Waals surface area contributed by atoms with E-state index in [-0.39, 0.29) is 17.4 Å². The largest absolute Gasteiger partial charge is 0.491 e. The van der Waals surface area contributed by atoms with Gasteiger partial charge in [0.1, 0.15) is 5.75 Å². The van der Waals surface area contributed by atoms with Gasteiger partial charge in [0.05, 0.1) is 17.5 Å². The first-order valence-corrected chi connectivity index (χ1v) is 9.59. The molecule has 0 atom stereocenters. The summed E-state index contributed by atoms with van der Waals surface area (Å²) >= 11 is 5.89. The normalized spacial score (nSPS) is 12.0. The van der Waals surface area contributed by atoms with Crippen LogP contribution in [0.25, 0.3) is 28.2 Å². The van der Waals surface area contributed by atoms with Gasteiger partial charge in [-0.15, -0.1) is 0 Å². The van der Waals surface area contributed by atoms with E-state index in [2.05, 4.69) is 10.1 Å². The molecule has 2 heterocycles. The van der Waals surface area contributed by atoms with Gasteiger partial charge in [0.15, 0.2) is 11.3 Å². The molecule has 0 saturated heterocycles. The number of rotatable bonds is 4. The lowest BCUT2D eigenvalue weighted by Gasteiger charge is -2.12. The molecule has 0 aliphatic heterocycles. The molecule has 0 unspecified atom stereocenters. The molecule has 0 fully saturated rings. The van der Waals surface area contributed by atoms with Crippen molar-refractivity contribution in [1.29, 1.82) is 0 Å². The van der Waals surface area contributed by atoms with Gasteiger partial charge < -0.3 is 4.74 Å². The van der Waals surface area contributed by atoms with E-state index in [1.807, 2.05) is 13.8 Å². The summed E-state index contributed by atoms with van der Waals surface area (Å²) < 4.78 is 47.7. The van der Waals surface area contributed by atoms with Crippen LogP contribution in [0.2, 0.25) is 5.02 Å². The van der Waals surface area contributed by atoms with Crippen molar-refractivity contribution in [1.82, 2.24) is 14.6 Å². The summed E-state index contributed by atoms with van der Waals surface area (Å²) in [5.41, 5.74) is 0.983. The van der Waals surface area contributed by atoms with Gasteiger partial charge in [-0.3, -0.25) is 0 Å². The number of nitrogens with zero attached hydrogens (tertiary/aromatic N) is 3. The zero-order valence-corrected chi connectivity index (χ0v) is 16.9. The van der Waals surface area contributed by atoms with Crippen molar-refractivity contribution in [3.8, 4) is 28.3 Å². The lowest BCUT2D eigenvalue weighted by Crippen LogP contribution is -2.13. The summed E-state index contributed by atoms with van der Waals surface area (Å²) in [5.74, 6) is 0.639. The highest BCUT2D eigenvalue weighted by atomic mass is 35.5. The van der Waals surface area contributed by atoms with Crippen LogP contribution in [0.1, 0.15) is 19.5 Å². The standard InChI is InChI=1S/C22H17ClF3N3O/c1-13(2)30-17-9-5-14(6-10-17)18-11-20(22(24,25)26)29-21(27-18)12-19(28-29)15-3-7-16(23)8-4-15/h3-13H,1-2H3. The molecule has 0 aliphatic carbocycles. The third-order valence-electron chi connectivity index (χ3n) is 4.38. The molecule has 154 valence electrons. The zero-order chi connectivity index (χ0) is 21.5. The molecule has 4 rings (SSSR count). The van der Waals surface area contributed by atoms with E-state index in [9.17, 15) is 13.2 Å². The zero-order valence-electron chi connectivity index (χ0n) is 16.1. The molecule has 0 bridgehead atoms. The van der Waals surface area contributed by atoms with E-state index in [1.54, 1.807) is 48.5 Å². The Morgan fingerprint density at radius 3 is 2.10 bits per heavy atom. The second kappa shape index (κ2) is 7.65. The van der Waals surface area contributed by atoms with Crippen molar-refractivity contribution in [3.05, 3.63) is 71.4 Å². The molecule has 4 aromatic rings. The van der Waals surface area contributed by atoms with Crippen LogP contribution in [0.15, 0.2) is 60.7 Å². The Morgan fingerprint density at radius 2 is 1.50 bits per heavy atom. The number of halogens is 4. The highest BCUT2D eigenvalue weighted by Gasteiger charge is 2.35. The highest BCUT2D eigenvalue weighted by Crippen LogP contribution is 2.34. The van der Waals surface area contributed by atoms with E-state index in [1.165, 1.54) is 6.07 Å². The lowest BCUT2D eigenvalue weighted by atomic mass is 10.1. The Morgan fingerprint density at radius 1 is 0.900 bits per heavy atom. The lowest BCUT2D eigenvalue weighted by molar-refractivity contribution is -0.142. The van der Waals surface area contributed by atoms with Crippen LogP contribution >= 0.6 is 11.6 Å². The summed E-state index contributed by atoms with van der Waals surface area (Å²) in [6, 6.07) is 16.0. The molecule has 0 spiro atoms. The van der Waals surface area contributed by atoms with Crippen molar-refractivity contribution >= 4 is 17.2 Å². The number of alkyl halides is 3. The molecule has 0 saturated carbocycles. The van der Waals surface area contributed by atoms with E-state index in [0.29, 0.717) is 27.6 Å². The number of aromatic nitrogens is 3. The van der Waals surface area contributed by atoms with Crippen molar-refractivity contribution in [2.75, 3.05) is 0 Å².